The number of halogens is 2. The van der Waals surface area contributed by atoms with Crippen LogP contribution in [0.2, 0.25) is 0 Å². The monoisotopic (exact) mass is 159 g/mol. The molecule has 0 radical (unpaired) electrons. The van der Waals surface area contributed by atoms with Crippen LogP contribution >= 0.6 is 28.6 Å². The lowest BCUT2D eigenvalue weighted by molar-refractivity contribution is 1.14. The molecule has 0 aliphatic rings. The summed E-state index contributed by atoms with van der Waals surface area (Å²) in [4.78, 5) is 0. The van der Waals surface area contributed by atoms with Crippen molar-refractivity contribution in [3.8, 4) is 0 Å². The van der Waals surface area contributed by atoms with Crippen molar-refractivity contribution in [2.24, 2.45) is 5.73 Å². The van der Waals surface area contributed by atoms with E-state index in [-0.39, 0.29) is 17.0 Å². The molecule has 5 heavy (non-hydrogen) atoms. The van der Waals surface area contributed by atoms with Gasteiger partial charge in [0, 0.05) is 12.4 Å². The van der Waals surface area contributed by atoms with Crippen LogP contribution in [0.4, 0.5) is 0 Å². The van der Waals surface area contributed by atoms with Gasteiger partial charge in [0.15, 0.2) is 0 Å². The normalized spacial score (nSPS) is 6.00. The summed E-state index contributed by atoms with van der Waals surface area (Å²) in [5.41, 5.74) is 4.90. The van der Waals surface area contributed by atoms with Gasteiger partial charge >= 0.3 is 0 Å². The maximum absolute atomic E-state index is 5.06. The third-order valence-corrected chi connectivity index (χ3v) is 0.327. The Morgan fingerprint density at radius 2 is 1.80 bits per heavy atom. The molecule has 0 amide bonds. The SMILES string of the molecule is Br.NCCCl. The van der Waals surface area contributed by atoms with Crippen molar-refractivity contribution < 1.29 is 0 Å². The molecule has 0 heterocycles. The van der Waals surface area contributed by atoms with Crippen molar-refractivity contribution in [2.45, 2.75) is 0 Å². The van der Waals surface area contributed by atoms with Crippen LogP contribution in [0.25, 0.3) is 0 Å². The van der Waals surface area contributed by atoms with E-state index in [1.54, 1.807) is 0 Å². The molecule has 0 saturated carbocycles. The van der Waals surface area contributed by atoms with E-state index in [9.17, 15) is 0 Å². The molecule has 0 aliphatic heterocycles. The molecule has 2 N–H and O–H groups in total. The zero-order chi connectivity index (χ0) is 3.41. The van der Waals surface area contributed by atoms with Gasteiger partial charge in [-0.25, -0.2) is 0 Å². The van der Waals surface area contributed by atoms with Crippen molar-refractivity contribution in [1.29, 1.82) is 0 Å². The van der Waals surface area contributed by atoms with Crippen LogP contribution in [0, 0.1) is 0 Å². The smallest absolute Gasteiger partial charge is 0.0346 e. The Labute approximate surface area is 47.3 Å². The summed E-state index contributed by atoms with van der Waals surface area (Å²) in [6.07, 6.45) is 0. The second kappa shape index (κ2) is 8.83. The zero-order valence-electron chi connectivity index (χ0n) is 2.78. The van der Waals surface area contributed by atoms with Crippen LogP contribution in [-0.4, -0.2) is 12.4 Å². The summed E-state index contributed by atoms with van der Waals surface area (Å²) in [5, 5.41) is 0. The average molecular weight is 160 g/mol. The lowest BCUT2D eigenvalue weighted by Crippen LogP contribution is -1.97. The van der Waals surface area contributed by atoms with Crippen LogP contribution in [0.1, 0.15) is 0 Å². The fraction of sp³-hybridized carbons (Fsp3) is 1.00. The quantitative estimate of drug-likeness (QED) is 0.563. The van der Waals surface area contributed by atoms with Crippen molar-refractivity contribution in [2.75, 3.05) is 12.4 Å². The Kier molecular flexibility index (Phi) is 16.3. The van der Waals surface area contributed by atoms with Crippen molar-refractivity contribution in [3.05, 3.63) is 0 Å². The Morgan fingerprint density at radius 3 is 1.80 bits per heavy atom. The maximum Gasteiger partial charge on any atom is 0.0346 e. The minimum absolute atomic E-state index is 0. The topological polar surface area (TPSA) is 26.0 Å². The molecule has 0 bridgehead atoms. The Balaban J connectivity index is 0. The van der Waals surface area contributed by atoms with Gasteiger partial charge in [-0.15, -0.1) is 28.6 Å². The number of hydrogen-bond donors (Lipinski definition) is 1. The summed E-state index contributed by atoms with van der Waals surface area (Å²) in [7, 11) is 0. The summed E-state index contributed by atoms with van der Waals surface area (Å²) < 4.78 is 0. The minimum atomic E-state index is 0. The van der Waals surface area contributed by atoms with E-state index < -0.39 is 0 Å². The van der Waals surface area contributed by atoms with E-state index in [0.717, 1.165) is 0 Å². The van der Waals surface area contributed by atoms with Gasteiger partial charge in [-0.05, 0) is 0 Å². The molecular weight excluding hydrogens is 153 g/mol. The van der Waals surface area contributed by atoms with E-state index in [4.69, 9.17) is 17.3 Å². The molecule has 0 aliphatic carbocycles. The average Bonchev–Trinajstić information content (AvgIpc) is 1.37. The fourth-order valence-electron chi connectivity index (χ4n) is 0. The first-order valence-corrected chi connectivity index (χ1v) is 1.71. The third kappa shape index (κ3) is 11.8. The van der Waals surface area contributed by atoms with E-state index >= 15 is 0 Å². The zero-order valence-corrected chi connectivity index (χ0v) is 5.25. The third-order valence-electron chi connectivity index (χ3n) is 0.109. The predicted molar refractivity (Wildman–Crippen MR) is 30.1 cm³/mol. The highest BCUT2D eigenvalue weighted by Crippen LogP contribution is 1.60. The van der Waals surface area contributed by atoms with Crippen LogP contribution in [0.15, 0.2) is 0 Å². The van der Waals surface area contributed by atoms with E-state index in [0.29, 0.717) is 12.4 Å². The second-order valence-corrected chi connectivity index (χ2v) is 0.856. The van der Waals surface area contributed by atoms with Crippen molar-refractivity contribution in [1.82, 2.24) is 0 Å². The van der Waals surface area contributed by atoms with Gasteiger partial charge in [-0.2, -0.15) is 0 Å². The van der Waals surface area contributed by atoms with Crippen molar-refractivity contribution in [3.63, 3.8) is 0 Å². The highest BCUT2D eigenvalue weighted by atomic mass is 79.9. The standard InChI is InChI=1S/C2H6ClN.BrH/c3-1-2-4;/h1-2,4H2;1H. The van der Waals surface area contributed by atoms with Crippen LogP contribution in [-0.2, 0) is 0 Å². The molecule has 3 heteroatoms. The van der Waals surface area contributed by atoms with Crippen molar-refractivity contribution >= 4 is 28.6 Å². The van der Waals surface area contributed by atoms with Gasteiger partial charge in [0.2, 0.25) is 0 Å². The van der Waals surface area contributed by atoms with Gasteiger partial charge in [-0.3, -0.25) is 0 Å². The van der Waals surface area contributed by atoms with E-state index in [2.05, 4.69) is 0 Å². The maximum atomic E-state index is 5.06. The summed E-state index contributed by atoms with van der Waals surface area (Å²) in [5.74, 6) is 0.569. The lowest BCUT2D eigenvalue weighted by atomic mass is 10.8. The second-order valence-electron chi connectivity index (χ2n) is 0.478. The van der Waals surface area contributed by atoms with Crippen LogP contribution < -0.4 is 5.73 Å². The van der Waals surface area contributed by atoms with Gasteiger partial charge in [-0.1, -0.05) is 0 Å². The number of hydrogen-bond acceptors (Lipinski definition) is 1. The highest BCUT2D eigenvalue weighted by Gasteiger charge is 1.58. The van der Waals surface area contributed by atoms with Gasteiger partial charge in [0.1, 0.15) is 0 Å². The molecular formula is C2H7BrClN. The molecule has 0 aromatic heterocycles. The fourth-order valence-corrected chi connectivity index (χ4v) is 0. The molecule has 0 spiro atoms. The first-order valence-electron chi connectivity index (χ1n) is 1.18. The first-order chi connectivity index (χ1) is 1.91. The lowest BCUT2D eigenvalue weighted by Gasteiger charge is -1.68. The van der Waals surface area contributed by atoms with Crippen LogP contribution in [0.3, 0.4) is 0 Å². The number of rotatable bonds is 1. The molecule has 1 nitrogen and oxygen atoms in total. The Hall–Kier alpha value is 0.730. The van der Waals surface area contributed by atoms with Gasteiger partial charge < -0.3 is 5.73 Å². The summed E-state index contributed by atoms with van der Waals surface area (Å²) in [6.45, 7) is 0.585. The first kappa shape index (κ1) is 9.21. The molecule has 0 rings (SSSR count). The molecule has 0 atom stereocenters. The highest BCUT2D eigenvalue weighted by molar-refractivity contribution is 8.93. The largest absolute Gasteiger partial charge is 0.329 e. The summed E-state index contributed by atoms with van der Waals surface area (Å²) >= 11 is 5.06. The molecule has 0 saturated heterocycles. The predicted octanol–water partition coefficient (Wildman–Crippen LogP) is 0.762. The Bertz CT molecular complexity index is 11.6. The van der Waals surface area contributed by atoms with Gasteiger partial charge in [0.05, 0.1) is 0 Å². The Morgan fingerprint density at radius 1 is 1.60 bits per heavy atom. The van der Waals surface area contributed by atoms with E-state index in [1.807, 2.05) is 0 Å². The minimum Gasteiger partial charge on any atom is -0.329 e. The number of nitrogens with two attached hydrogens (primary N) is 1. The van der Waals surface area contributed by atoms with E-state index in [1.165, 1.54) is 0 Å². The molecule has 0 aromatic carbocycles. The molecule has 0 aromatic rings. The van der Waals surface area contributed by atoms with Crippen LogP contribution in [0.5, 0.6) is 0 Å². The summed E-state index contributed by atoms with van der Waals surface area (Å²) in [6, 6.07) is 0. The molecule has 0 fully saturated rings. The molecule has 0 unspecified atom stereocenters. The van der Waals surface area contributed by atoms with Gasteiger partial charge in [0.25, 0.3) is 0 Å². The molecule has 34 valence electrons. The number of alkyl halides is 1.